The van der Waals surface area contributed by atoms with Gasteiger partial charge in [-0.3, -0.25) is 9.69 Å². The second kappa shape index (κ2) is 9.59. The average Bonchev–Trinajstić information content (AvgIpc) is 2.77. The third kappa shape index (κ3) is 6.13. The molecule has 0 N–H and O–H groups in total. The number of para-hydroxylation sites is 2. The van der Waals surface area contributed by atoms with E-state index in [4.69, 9.17) is 4.74 Å². The van der Waals surface area contributed by atoms with Crippen LogP contribution >= 0.6 is 0 Å². The summed E-state index contributed by atoms with van der Waals surface area (Å²) in [4.78, 5) is 19.9. The molecular weight excluding hydrogens is 374 g/mol. The summed E-state index contributed by atoms with van der Waals surface area (Å²) in [5.74, 6) is 1.30. The number of carbonyl (C=O) groups is 1. The van der Waals surface area contributed by atoms with Crippen molar-refractivity contribution in [3.63, 3.8) is 0 Å². The van der Waals surface area contributed by atoms with Crippen LogP contribution in [0.4, 0.5) is 5.69 Å². The summed E-state index contributed by atoms with van der Waals surface area (Å²) in [7, 11) is 1.74. The van der Waals surface area contributed by atoms with Crippen molar-refractivity contribution in [2.24, 2.45) is 10.8 Å². The predicted octanol–water partition coefficient (Wildman–Crippen LogP) is 4.27. The Hall–Kier alpha value is -1.75. The van der Waals surface area contributed by atoms with E-state index in [9.17, 15) is 4.79 Å². The molecule has 1 amide bonds. The Bertz CT molecular complexity index is 708. The normalized spacial score (nSPS) is 22.1. The van der Waals surface area contributed by atoms with E-state index in [1.165, 1.54) is 5.69 Å². The lowest BCUT2D eigenvalue weighted by molar-refractivity contribution is -0.132. The van der Waals surface area contributed by atoms with Gasteiger partial charge in [0.15, 0.2) is 0 Å². The van der Waals surface area contributed by atoms with E-state index >= 15 is 0 Å². The zero-order chi connectivity index (χ0) is 21.8. The SMILES string of the molecule is COc1ccccc1N1CCN(CCCCN2CC(C)(C)CC(C)(C)CC2=O)CC1. The highest BCUT2D eigenvalue weighted by molar-refractivity contribution is 5.77. The van der Waals surface area contributed by atoms with Crippen molar-refractivity contribution in [3.05, 3.63) is 24.3 Å². The molecule has 0 atom stereocenters. The van der Waals surface area contributed by atoms with Crippen molar-refractivity contribution < 1.29 is 9.53 Å². The minimum Gasteiger partial charge on any atom is -0.495 e. The number of benzene rings is 1. The van der Waals surface area contributed by atoms with Crippen molar-refractivity contribution in [1.82, 2.24) is 9.80 Å². The van der Waals surface area contributed by atoms with Crippen LogP contribution < -0.4 is 9.64 Å². The summed E-state index contributed by atoms with van der Waals surface area (Å²) >= 11 is 0. The molecule has 0 unspecified atom stereocenters. The van der Waals surface area contributed by atoms with E-state index in [0.717, 1.165) is 70.8 Å². The van der Waals surface area contributed by atoms with Gasteiger partial charge in [0.1, 0.15) is 5.75 Å². The number of ether oxygens (including phenoxy) is 1. The molecule has 5 heteroatoms. The first kappa shape index (κ1) is 22.9. The lowest BCUT2D eigenvalue weighted by Crippen LogP contribution is -2.46. The molecule has 168 valence electrons. The monoisotopic (exact) mass is 415 g/mol. The van der Waals surface area contributed by atoms with Gasteiger partial charge in [0.05, 0.1) is 12.8 Å². The third-order valence-corrected chi connectivity index (χ3v) is 6.51. The number of likely N-dealkylation sites (tertiary alicyclic amines) is 1. The Balaban J connectivity index is 1.41. The average molecular weight is 416 g/mol. The van der Waals surface area contributed by atoms with Crippen molar-refractivity contribution >= 4 is 11.6 Å². The number of carbonyl (C=O) groups excluding carboxylic acids is 1. The fraction of sp³-hybridized carbons (Fsp3) is 0.720. The number of hydrogen-bond acceptors (Lipinski definition) is 4. The summed E-state index contributed by atoms with van der Waals surface area (Å²) < 4.78 is 5.52. The second-order valence-electron chi connectivity index (χ2n) is 10.7. The van der Waals surface area contributed by atoms with Crippen LogP contribution in [-0.4, -0.2) is 68.6 Å². The van der Waals surface area contributed by atoms with E-state index in [0.29, 0.717) is 12.3 Å². The van der Waals surface area contributed by atoms with Crippen molar-refractivity contribution in [1.29, 1.82) is 0 Å². The first-order valence-electron chi connectivity index (χ1n) is 11.6. The maximum Gasteiger partial charge on any atom is 0.223 e. The summed E-state index contributed by atoms with van der Waals surface area (Å²) in [6, 6.07) is 8.29. The Morgan fingerprint density at radius 3 is 2.30 bits per heavy atom. The van der Waals surface area contributed by atoms with Crippen LogP contribution in [0.5, 0.6) is 5.75 Å². The minimum absolute atomic E-state index is 0.108. The van der Waals surface area contributed by atoms with Gasteiger partial charge in [-0.2, -0.15) is 0 Å². The van der Waals surface area contributed by atoms with Gasteiger partial charge < -0.3 is 14.5 Å². The molecule has 3 rings (SSSR count). The number of piperazine rings is 1. The lowest BCUT2D eigenvalue weighted by atomic mass is 9.74. The van der Waals surface area contributed by atoms with Gasteiger partial charge in [-0.1, -0.05) is 39.8 Å². The molecule has 2 fully saturated rings. The molecule has 30 heavy (non-hydrogen) atoms. The molecule has 2 saturated heterocycles. The molecule has 0 bridgehead atoms. The molecule has 0 aromatic heterocycles. The fourth-order valence-electron chi connectivity index (χ4n) is 5.49. The molecule has 2 heterocycles. The van der Waals surface area contributed by atoms with Crippen LogP contribution in [0.2, 0.25) is 0 Å². The number of methoxy groups -OCH3 is 1. The largest absolute Gasteiger partial charge is 0.495 e. The van der Waals surface area contributed by atoms with Crippen molar-refractivity contribution in [2.45, 2.75) is 53.4 Å². The number of nitrogens with zero attached hydrogens (tertiary/aromatic N) is 3. The number of rotatable bonds is 7. The zero-order valence-electron chi connectivity index (χ0n) is 19.7. The van der Waals surface area contributed by atoms with Gasteiger partial charge >= 0.3 is 0 Å². The first-order chi connectivity index (χ1) is 14.2. The van der Waals surface area contributed by atoms with E-state index in [2.05, 4.69) is 54.5 Å². The molecule has 2 aliphatic rings. The van der Waals surface area contributed by atoms with Gasteiger partial charge in [-0.15, -0.1) is 0 Å². The van der Waals surface area contributed by atoms with Crippen molar-refractivity contribution in [3.8, 4) is 5.75 Å². The summed E-state index contributed by atoms with van der Waals surface area (Å²) in [5, 5.41) is 0. The molecule has 1 aromatic carbocycles. The molecule has 1 aromatic rings. The molecular formula is C25H41N3O2. The standard InChI is InChI=1S/C25H41N3O2/c1-24(2)18-23(29)28(20-25(3,4)19-24)13-9-8-12-26-14-16-27(17-15-26)21-10-6-7-11-22(21)30-5/h6-7,10-11H,8-9,12-20H2,1-5H3. The third-order valence-electron chi connectivity index (χ3n) is 6.51. The van der Waals surface area contributed by atoms with E-state index in [1.54, 1.807) is 7.11 Å². The predicted molar refractivity (Wildman–Crippen MR) is 124 cm³/mol. The number of anilines is 1. The van der Waals surface area contributed by atoms with Crippen LogP contribution in [0.15, 0.2) is 24.3 Å². The fourth-order valence-corrected chi connectivity index (χ4v) is 5.49. The van der Waals surface area contributed by atoms with Gasteiger partial charge in [0.25, 0.3) is 0 Å². The van der Waals surface area contributed by atoms with E-state index in [1.807, 2.05) is 12.1 Å². The molecule has 2 aliphatic heterocycles. The first-order valence-corrected chi connectivity index (χ1v) is 11.6. The maximum absolute atomic E-state index is 12.7. The maximum atomic E-state index is 12.7. The van der Waals surface area contributed by atoms with E-state index in [-0.39, 0.29) is 10.8 Å². The Morgan fingerprint density at radius 1 is 0.933 bits per heavy atom. The van der Waals surface area contributed by atoms with Crippen LogP contribution in [0.25, 0.3) is 0 Å². The van der Waals surface area contributed by atoms with Gasteiger partial charge in [0, 0.05) is 45.7 Å². The molecule has 0 aliphatic carbocycles. The highest BCUT2D eigenvalue weighted by atomic mass is 16.5. The van der Waals surface area contributed by atoms with Gasteiger partial charge in [-0.25, -0.2) is 0 Å². The molecule has 0 spiro atoms. The van der Waals surface area contributed by atoms with Crippen LogP contribution in [0, 0.1) is 10.8 Å². The lowest BCUT2D eigenvalue weighted by Gasteiger charge is -2.36. The smallest absolute Gasteiger partial charge is 0.223 e. The topological polar surface area (TPSA) is 36.0 Å². The van der Waals surface area contributed by atoms with Gasteiger partial charge in [-0.05, 0) is 48.8 Å². The zero-order valence-corrected chi connectivity index (χ0v) is 19.7. The minimum atomic E-state index is 0.108. The Morgan fingerprint density at radius 2 is 1.60 bits per heavy atom. The summed E-state index contributed by atoms with van der Waals surface area (Å²) in [5.41, 5.74) is 1.51. The highest BCUT2D eigenvalue weighted by Gasteiger charge is 2.37. The second-order valence-corrected chi connectivity index (χ2v) is 10.7. The van der Waals surface area contributed by atoms with Gasteiger partial charge in [0.2, 0.25) is 5.91 Å². The quantitative estimate of drug-likeness (QED) is 0.623. The molecule has 5 nitrogen and oxygen atoms in total. The highest BCUT2D eigenvalue weighted by Crippen LogP contribution is 2.40. The number of amides is 1. The van der Waals surface area contributed by atoms with Crippen LogP contribution in [0.3, 0.4) is 0 Å². The van der Waals surface area contributed by atoms with Crippen molar-refractivity contribution in [2.75, 3.05) is 57.8 Å². The van der Waals surface area contributed by atoms with Crippen LogP contribution in [-0.2, 0) is 4.79 Å². The molecule has 0 saturated carbocycles. The Labute approximate surface area is 183 Å². The van der Waals surface area contributed by atoms with Crippen LogP contribution in [0.1, 0.15) is 53.4 Å². The number of hydrogen-bond donors (Lipinski definition) is 0. The Kier molecular flexibility index (Phi) is 7.33. The number of unbranched alkanes of at least 4 members (excludes halogenated alkanes) is 1. The molecule has 0 radical (unpaired) electrons. The summed E-state index contributed by atoms with van der Waals surface area (Å²) in [6.45, 7) is 16.3. The van der Waals surface area contributed by atoms with E-state index < -0.39 is 0 Å². The summed E-state index contributed by atoms with van der Waals surface area (Å²) in [6.07, 6.45) is 4.04.